The third kappa shape index (κ3) is 3.35. The Morgan fingerprint density at radius 2 is 1.62 bits per heavy atom. The number of likely N-dealkylation sites (tertiary alicyclic amines) is 1. The molecule has 2 aromatic rings. The lowest BCUT2D eigenvalue weighted by Crippen LogP contribution is -2.40. The predicted molar refractivity (Wildman–Crippen MR) is 85.8 cm³/mol. The number of carbonyl (C=O) groups is 2. The standard InChI is InChI=1S/C19H17F2NO2/c20-15-6-7-16(17(21)12-15)19(24)22-10-8-14(9-11-22)18(23)13-4-2-1-3-5-13/h1-7,12,14H,8-11H2. The summed E-state index contributed by atoms with van der Waals surface area (Å²) in [6.07, 6.45) is 1.09. The summed E-state index contributed by atoms with van der Waals surface area (Å²) in [5, 5.41) is 0. The van der Waals surface area contributed by atoms with E-state index in [-0.39, 0.29) is 17.3 Å². The fourth-order valence-electron chi connectivity index (χ4n) is 3.02. The van der Waals surface area contributed by atoms with Crippen LogP contribution in [-0.4, -0.2) is 29.7 Å². The van der Waals surface area contributed by atoms with Crippen LogP contribution in [-0.2, 0) is 0 Å². The van der Waals surface area contributed by atoms with Gasteiger partial charge in [0, 0.05) is 30.6 Å². The van der Waals surface area contributed by atoms with E-state index in [1.54, 1.807) is 12.1 Å². The molecule has 1 amide bonds. The summed E-state index contributed by atoms with van der Waals surface area (Å²) in [7, 11) is 0. The average Bonchev–Trinajstić information content (AvgIpc) is 2.61. The first-order chi connectivity index (χ1) is 11.6. The van der Waals surface area contributed by atoms with Crippen LogP contribution in [0, 0.1) is 17.6 Å². The number of hydrogen-bond acceptors (Lipinski definition) is 2. The molecule has 1 aliphatic heterocycles. The summed E-state index contributed by atoms with van der Waals surface area (Å²) in [4.78, 5) is 26.3. The van der Waals surface area contributed by atoms with E-state index >= 15 is 0 Å². The molecule has 3 rings (SSSR count). The van der Waals surface area contributed by atoms with Crippen molar-refractivity contribution in [3.8, 4) is 0 Å². The van der Waals surface area contributed by atoms with Crippen molar-refractivity contribution in [2.24, 2.45) is 5.92 Å². The second-order valence-corrected chi connectivity index (χ2v) is 5.92. The SMILES string of the molecule is O=C(c1ccccc1)C1CCN(C(=O)c2ccc(F)cc2F)CC1. The van der Waals surface area contributed by atoms with Gasteiger partial charge in [-0.25, -0.2) is 8.78 Å². The van der Waals surface area contributed by atoms with Crippen LogP contribution in [0.2, 0.25) is 0 Å². The van der Waals surface area contributed by atoms with Crippen molar-refractivity contribution in [3.05, 3.63) is 71.3 Å². The van der Waals surface area contributed by atoms with Crippen molar-refractivity contribution in [3.63, 3.8) is 0 Å². The monoisotopic (exact) mass is 329 g/mol. The molecule has 1 saturated heterocycles. The summed E-state index contributed by atoms with van der Waals surface area (Å²) >= 11 is 0. The van der Waals surface area contributed by atoms with Gasteiger partial charge in [0.15, 0.2) is 5.78 Å². The van der Waals surface area contributed by atoms with Crippen molar-refractivity contribution in [2.75, 3.05) is 13.1 Å². The van der Waals surface area contributed by atoms with E-state index in [0.717, 1.165) is 12.1 Å². The first-order valence-corrected chi connectivity index (χ1v) is 7.90. The van der Waals surface area contributed by atoms with Gasteiger partial charge in [-0.05, 0) is 25.0 Å². The molecule has 0 radical (unpaired) electrons. The van der Waals surface area contributed by atoms with Crippen molar-refractivity contribution in [1.82, 2.24) is 4.90 Å². The van der Waals surface area contributed by atoms with Crippen molar-refractivity contribution < 1.29 is 18.4 Å². The van der Waals surface area contributed by atoms with Gasteiger partial charge >= 0.3 is 0 Å². The van der Waals surface area contributed by atoms with E-state index in [4.69, 9.17) is 0 Å². The van der Waals surface area contributed by atoms with Gasteiger partial charge in [-0.3, -0.25) is 9.59 Å². The molecule has 0 saturated carbocycles. The number of nitrogens with zero attached hydrogens (tertiary/aromatic N) is 1. The maximum atomic E-state index is 13.7. The molecule has 0 bridgehead atoms. The number of carbonyl (C=O) groups excluding carboxylic acids is 2. The van der Waals surface area contributed by atoms with E-state index in [9.17, 15) is 18.4 Å². The Labute approximate surface area is 138 Å². The van der Waals surface area contributed by atoms with Crippen LogP contribution in [0.25, 0.3) is 0 Å². The van der Waals surface area contributed by atoms with E-state index in [2.05, 4.69) is 0 Å². The third-order valence-electron chi connectivity index (χ3n) is 4.37. The van der Waals surface area contributed by atoms with E-state index in [1.165, 1.54) is 4.90 Å². The Morgan fingerprint density at radius 1 is 0.958 bits per heavy atom. The average molecular weight is 329 g/mol. The molecule has 24 heavy (non-hydrogen) atoms. The number of benzene rings is 2. The number of Topliss-reactive ketones (excluding diaryl/α,β-unsaturated/α-hetero) is 1. The highest BCUT2D eigenvalue weighted by atomic mass is 19.1. The zero-order valence-corrected chi connectivity index (χ0v) is 13.0. The molecular weight excluding hydrogens is 312 g/mol. The lowest BCUT2D eigenvalue weighted by Gasteiger charge is -2.31. The van der Waals surface area contributed by atoms with Crippen LogP contribution in [0.15, 0.2) is 48.5 Å². The Hall–Kier alpha value is -2.56. The van der Waals surface area contributed by atoms with Gasteiger partial charge in [0.1, 0.15) is 11.6 Å². The topological polar surface area (TPSA) is 37.4 Å². The summed E-state index contributed by atoms with van der Waals surface area (Å²) in [5.41, 5.74) is 0.538. The van der Waals surface area contributed by atoms with Gasteiger partial charge in [0.25, 0.3) is 5.91 Å². The molecule has 1 fully saturated rings. The molecule has 0 unspecified atom stereocenters. The molecule has 0 aromatic heterocycles. The van der Waals surface area contributed by atoms with Gasteiger partial charge < -0.3 is 4.90 Å². The lowest BCUT2D eigenvalue weighted by atomic mass is 9.88. The number of rotatable bonds is 3. The molecule has 1 heterocycles. The van der Waals surface area contributed by atoms with Crippen LogP contribution in [0.3, 0.4) is 0 Å². The number of ketones is 1. The quantitative estimate of drug-likeness (QED) is 0.805. The molecule has 5 heteroatoms. The molecule has 1 aliphatic rings. The highest BCUT2D eigenvalue weighted by Crippen LogP contribution is 2.23. The van der Waals surface area contributed by atoms with Crippen LogP contribution >= 0.6 is 0 Å². The van der Waals surface area contributed by atoms with Gasteiger partial charge in [-0.15, -0.1) is 0 Å². The number of hydrogen-bond donors (Lipinski definition) is 0. The van der Waals surface area contributed by atoms with Crippen LogP contribution < -0.4 is 0 Å². The normalized spacial score (nSPS) is 15.3. The minimum absolute atomic E-state index is 0.0793. The number of piperidine rings is 1. The Balaban J connectivity index is 1.64. The minimum Gasteiger partial charge on any atom is -0.339 e. The zero-order chi connectivity index (χ0) is 17.1. The maximum absolute atomic E-state index is 13.7. The second kappa shape index (κ2) is 6.91. The summed E-state index contributed by atoms with van der Waals surface area (Å²) < 4.78 is 26.7. The Bertz CT molecular complexity index is 753. The number of halogens is 2. The Morgan fingerprint density at radius 3 is 2.25 bits per heavy atom. The molecule has 0 aliphatic carbocycles. The molecule has 3 nitrogen and oxygen atoms in total. The Kier molecular flexibility index (Phi) is 4.69. The van der Waals surface area contributed by atoms with Crippen LogP contribution in [0.1, 0.15) is 33.6 Å². The minimum atomic E-state index is -0.859. The van der Waals surface area contributed by atoms with Gasteiger partial charge in [0.05, 0.1) is 5.56 Å². The van der Waals surface area contributed by atoms with Gasteiger partial charge in [-0.2, -0.15) is 0 Å². The molecule has 2 aromatic carbocycles. The van der Waals surface area contributed by atoms with E-state index in [0.29, 0.717) is 37.6 Å². The third-order valence-corrected chi connectivity index (χ3v) is 4.37. The fraction of sp³-hybridized carbons (Fsp3) is 0.263. The molecule has 124 valence electrons. The second-order valence-electron chi connectivity index (χ2n) is 5.92. The highest BCUT2D eigenvalue weighted by Gasteiger charge is 2.29. The smallest absolute Gasteiger partial charge is 0.256 e. The van der Waals surface area contributed by atoms with Crippen molar-refractivity contribution in [1.29, 1.82) is 0 Å². The first-order valence-electron chi connectivity index (χ1n) is 7.90. The van der Waals surface area contributed by atoms with E-state index < -0.39 is 17.5 Å². The molecular formula is C19H17F2NO2. The van der Waals surface area contributed by atoms with Crippen LogP contribution in [0.4, 0.5) is 8.78 Å². The lowest BCUT2D eigenvalue weighted by molar-refractivity contribution is 0.0646. The van der Waals surface area contributed by atoms with Crippen molar-refractivity contribution >= 4 is 11.7 Å². The molecule has 0 spiro atoms. The zero-order valence-electron chi connectivity index (χ0n) is 13.0. The van der Waals surface area contributed by atoms with E-state index in [1.807, 2.05) is 18.2 Å². The molecule has 0 atom stereocenters. The molecule has 0 N–H and O–H groups in total. The maximum Gasteiger partial charge on any atom is 0.256 e. The summed E-state index contributed by atoms with van der Waals surface area (Å²) in [6.45, 7) is 0.776. The fourth-order valence-corrected chi connectivity index (χ4v) is 3.02. The highest BCUT2D eigenvalue weighted by molar-refractivity contribution is 5.98. The largest absolute Gasteiger partial charge is 0.339 e. The van der Waals surface area contributed by atoms with Gasteiger partial charge in [0.2, 0.25) is 0 Å². The van der Waals surface area contributed by atoms with Crippen molar-refractivity contribution in [2.45, 2.75) is 12.8 Å². The number of amides is 1. The van der Waals surface area contributed by atoms with Gasteiger partial charge in [-0.1, -0.05) is 30.3 Å². The summed E-state index contributed by atoms with van der Waals surface area (Å²) in [5.74, 6) is -2.08. The first kappa shape index (κ1) is 16.3. The summed E-state index contributed by atoms with van der Waals surface area (Å²) in [6, 6.07) is 12.0. The predicted octanol–water partition coefficient (Wildman–Crippen LogP) is 3.70. The van der Waals surface area contributed by atoms with Crippen LogP contribution in [0.5, 0.6) is 0 Å².